The molecule has 2 amide bonds. The number of nitrogens with one attached hydrogen (secondary N) is 2. The molecule has 8 nitrogen and oxygen atoms in total. The summed E-state index contributed by atoms with van der Waals surface area (Å²) in [5, 5.41) is 17.1. The highest BCUT2D eigenvalue weighted by molar-refractivity contribution is 6.30. The van der Waals surface area contributed by atoms with Gasteiger partial charge < -0.3 is 20.6 Å². The number of carbonyl (C=O) groups excluding carboxylic acids is 2. The molecule has 3 aromatic rings. The number of carbonyl (C=O) groups is 2. The van der Waals surface area contributed by atoms with E-state index in [1.54, 1.807) is 55.4 Å². The molecule has 1 aliphatic rings. The average Bonchev–Trinajstić information content (AvgIpc) is 3.19. The second-order valence-corrected chi connectivity index (χ2v) is 10.1. The molecule has 0 aliphatic heterocycles. The molecule has 1 aromatic heterocycles. The van der Waals surface area contributed by atoms with E-state index in [2.05, 4.69) is 10.6 Å². The van der Waals surface area contributed by atoms with Crippen LogP contribution in [0.5, 0.6) is 0 Å². The summed E-state index contributed by atoms with van der Waals surface area (Å²) in [6, 6.07) is 15.2. The highest BCUT2D eigenvalue weighted by Gasteiger charge is 2.50. The number of rotatable bonds is 7. The molecule has 2 aromatic carbocycles. The Morgan fingerprint density at radius 3 is 2.30 bits per heavy atom. The van der Waals surface area contributed by atoms with Crippen LogP contribution >= 0.6 is 11.6 Å². The molecule has 0 radical (unpaired) electrons. The minimum absolute atomic E-state index is 0.0365. The van der Waals surface area contributed by atoms with Gasteiger partial charge in [0.15, 0.2) is 0 Å². The van der Waals surface area contributed by atoms with E-state index >= 15 is 0 Å². The summed E-state index contributed by atoms with van der Waals surface area (Å²) in [7, 11) is 3.59. The van der Waals surface area contributed by atoms with Gasteiger partial charge in [0.2, 0.25) is 11.8 Å². The van der Waals surface area contributed by atoms with Crippen molar-refractivity contribution in [3.63, 3.8) is 0 Å². The molecule has 194 valence electrons. The summed E-state index contributed by atoms with van der Waals surface area (Å²) in [5.41, 5.74) is -0.862. The lowest BCUT2D eigenvalue weighted by atomic mass is 9.94. The fourth-order valence-electron chi connectivity index (χ4n) is 4.84. The van der Waals surface area contributed by atoms with Crippen molar-refractivity contribution in [2.75, 3.05) is 31.3 Å². The number of aliphatic hydroxyl groups is 1. The molecule has 0 spiro atoms. The van der Waals surface area contributed by atoms with E-state index in [9.17, 15) is 23.9 Å². The molecule has 37 heavy (non-hydrogen) atoms. The lowest BCUT2D eigenvalue weighted by Gasteiger charge is -2.26. The summed E-state index contributed by atoms with van der Waals surface area (Å²) < 4.78 is 16.2. The molecule has 1 aliphatic carbocycles. The van der Waals surface area contributed by atoms with Crippen molar-refractivity contribution >= 4 is 34.8 Å². The standard InChI is InChI=1S/C27H28ClFN4O4/c1-32(2)16-27(37)14-20(25(35)30-18-8-6-17(28)7-9-18)21(15-27)26(36)31-23-11-10-19(13-22(23)29)33-12-4-3-5-24(33)34/h3-13,20-21,37H,14-16H2,1-2H3,(H,30,35)(H,31,36). The predicted molar refractivity (Wildman–Crippen MR) is 140 cm³/mol. The minimum atomic E-state index is -1.27. The van der Waals surface area contributed by atoms with Gasteiger partial charge in [0.1, 0.15) is 5.82 Å². The number of amides is 2. The molecule has 1 fully saturated rings. The van der Waals surface area contributed by atoms with Crippen LogP contribution in [-0.2, 0) is 9.59 Å². The van der Waals surface area contributed by atoms with Crippen LogP contribution in [0.4, 0.5) is 15.8 Å². The highest BCUT2D eigenvalue weighted by atomic mass is 35.5. The zero-order valence-electron chi connectivity index (χ0n) is 20.4. The first-order valence-corrected chi connectivity index (χ1v) is 12.1. The van der Waals surface area contributed by atoms with Crippen LogP contribution in [0.2, 0.25) is 5.02 Å². The Balaban J connectivity index is 1.55. The molecular weight excluding hydrogens is 499 g/mol. The number of pyridine rings is 1. The highest BCUT2D eigenvalue weighted by Crippen LogP contribution is 2.41. The number of aromatic nitrogens is 1. The Bertz CT molecular complexity index is 1360. The number of hydrogen-bond acceptors (Lipinski definition) is 5. The smallest absolute Gasteiger partial charge is 0.255 e. The van der Waals surface area contributed by atoms with Gasteiger partial charge in [-0.05, 0) is 69.4 Å². The molecule has 3 N–H and O–H groups in total. The van der Waals surface area contributed by atoms with Gasteiger partial charge in [-0.2, -0.15) is 0 Å². The second kappa shape index (κ2) is 10.8. The SMILES string of the molecule is CN(C)CC1(O)CC(C(=O)Nc2ccc(Cl)cc2)C(C(=O)Nc2ccc(-n3ccccc3=O)cc2F)C1. The van der Waals surface area contributed by atoms with Crippen LogP contribution in [0.1, 0.15) is 12.8 Å². The van der Waals surface area contributed by atoms with Crippen LogP contribution in [0.15, 0.2) is 71.7 Å². The Kier molecular flexibility index (Phi) is 7.77. The van der Waals surface area contributed by atoms with Gasteiger partial charge in [0.05, 0.1) is 28.8 Å². The Hall–Kier alpha value is -3.53. The summed E-state index contributed by atoms with van der Waals surface area (Å²) in [5.74, 6) is -3.46. The maximum atomic E-state index is 14.9. The summed E-state index contributed by atoms with van der Waals surface area (Å²) in [4.78, 5) is 40.3. The van der Waals surface area contributed by atoms with E-state index in [-0.39, 0.29) is 30.6 Å². The summed E-state index contributed by atoms with van der Waals surface area (Å²) in [6.45, 7) is 0.260. The van der Waals surface area contributed by atoms with Gasteiger partial charge in [0.25, 0.3) is 5.56 Å². The molecule has 1 saturated carbocycles. The van der Waals surface area contributed by atoms with Crippen LogP contribution in [0.25, 0.3) is 5.69 Å². The van der Waals surface area contributed by atoms with Crippen molar-refractivity contribution in [1.29, 1.82) is 0 Å². The number of benzene rings is 2. The van der Waals surface area contributed by atoms with Crippen LogP contribution < -0.4 is 16.2 Å². The molecule has 3 unspecified atom stereocenters. The molecule has 10 heteroatoms. The zero-order valence-corrected chi connectivity index (χ0v) is 21.2. The fourth-order valence-corrected chi connectivity index (χ4v) is 4.97. The van der Waals surface area contributed by atoms with E-state index in [4.69, 9.17) is 11.6 Å². The van der Waals surface area contributed by atoms with E-state index in [0.717, 1.165) is 6.07 Å². The van der Waals surface area contributed by atoms with Gasteiger partial charge in [-0.3, -0.25) is 19.0 Å². The van der Waals surface area contributed by atoms with Gasteiger partial charge in [-0.15, -0.1) is 0 Å². The monoisotopic (exact) mass is 526 g/mol. The molecule has 0 bridgehead atoms. The van der Waals surface area contributed by atoms with Crippen molar-refractivity contribution in [1.82, 2.24) is 9.47 Å². The topological polar surface area (TPSA) is 104 Å². The van der Waals surface area contributed by atoms with E-state index in [0.29, 0.717) is 16.4 Å². The third kappa shape index (κ3) is 6.25. The molecule has 3 atom stereocenters. The Morgan fingerprint density at radius 1 is 1.05 bits per heavy atom. The summed E-state index contributed by atoms with van der Waals surface area (Å²) >= 11 is 5.92. The molecule has 1 heterocycles. The summed E-state index contributed by atoms with van der Waals surface area (Å²) in [6.07, 6.45) is 1.62. The number of likely N-dealkylation sites (N-methyl/N-ethyl adjacent to an activating group) is 1. The van der Waals surface area contributed by atoms with Crippen molar-refractivity contribution in [2.24, 2.45) is 11.8 Å². The first-order chi connectivity index (χ1) is 17.5. The van der Waals surface area contributed by atoms with Crippen molar-refractivity contribution in [3.05, 3.63) is 88.1 Å². The molecular formula is C27H28ClFN4O4. The average molecular weight is 527 g/mol. The van der Waals surface area contributed by atoms with Crippen molar-refractivity contribution in [3.8, 4) is 5.69 Å². The van der Waals surface area contributed by atoms with Gasteiger partial charge in [-0.1, -0.05) is 17.7 Å². The predicted octanol–water partition coefficient (Wildman–Crippen LogP) is 3.53. The molecule has 0 saturated heterocycles. The largest absolute Gasteiger partial charge is 0.389 e. The lowest BCUT2D eigenvalue weighted by Crippen LogP contribution is -2.38. The number of anilines is 2. The van der Waals surface area contributed by atoms with Crippen LogP contribution in [0.3, 0.4) is 0 Å². The first-order valence-electron chi connectivity index (χ1n) is 11.8. The number of hydrogen-bond donors (Lipinski definition) is 3. The second-order valence-electron chi connectivity index (χ2n) is 9.64. The maximum absolute atomic E-state index is 14.9. The third-order valence-electron chi connectivity index (χ3n) is 6.39. The van der Waals surface area contributed by atoms with Gasteiger partial charge in [-0.25, -0.2) is 4.39 Å². The van der Waals surface area contributed by atoms with E-state index < -0.39 is 35.1 Å². The quantitative estimate of drug-likeness (QED) is 0.437. The Labute approximate surface area is 218 Å². The van der Waals surface area contributed by atoms with E-state index in [1.807, 2.05) is 0 Å². The van der Waals surface area contributed by atoms with Crippen molar-refractivity contribution < 1.29 is 19.1 Å². The van der Waals surface area contributed by atoms with Crippen molar-refractivity contribution in [2.45, 2.75) is 18.4 Å². The minimum Gasteiger partial charge on any atom is -0.389 e. The fraction of sp³-hybridized carbons (Fsp3) is 0.296. The van der Waals surface area contributed by atoms with Crippen LogP contribution in [0, 0.1) is 17.7 Å². The maximum Gasteiger partial charge on any atom is 0.255 e. The molecule has 4 rings (SSSR count). The van der Waals surface area contributed by atoms with E-state index in [1.165, 1.54) is 29.0 Å². The lowest BCUT2D eigenvalue weighted by molar-refractivity contribution is -0.128. The zero-order chi connectivity index (χ0) is 26.7. The third-order valence-corrected chi connectivity index (χ3v) is 6.64. The van der Waals surface area contributed by atoms with Gasteiger partial charge >= 0.3 is 0 Å². The van der Waals surface area contributed by atoms with Crippen LogP contribution in [-0.4, -0.2) is 52.6 Å². The first kappa shape index (κ1) is 26.5. The normalized spacial score (nSPS) is 21.1. The van der Waals surface area contributed by atoms with Gasteiger partial charge in [0, 0.05) is 35.6 Å². The number of halogens is 2. The Morgan fingerprint density at radius 2 is 1.70 bits per heavy atom. The number of nitrogens with zero attached hydrogens (tertiary/aromatic N) is 2.